The van der Waals surface area contributed by atoms with Crippen LogP contribution in [-0.4, -0.2) is 46.3 Å². The number of carbonyl (C=O) groups is 2. The highest BCUT2D eigenvalue weighted by Gasteiger charge is 2.16. The fraction of sp³-hybridized carbons (Fsp3) is 0.261. The molecule has 2 aromatic carbocycles. The molecule has 2 amide bonds. The number of hydrogen-bond donors (Lipinski definition) is 1. The van der Waals surface area contributed by atoms with Gasteiger partial charge < -0.3 is 10.2 Å². The van der Waals surface area contributed by atoms with Gasteiger partial charge in [-0.3, -0.25) is 9.59 Å². The highest BCUT2D eigenvalue weighted by molar-refractivity contribution is 8.00. The van der Waals surface area contributed by atoms with Crippen LogP contribution in [0.4, 0.5) is 0 Å². The zero-order chi connectivity index (χ0) is 21.7. The molecule has 1 N–H and O–H groups in total. The molecule has 0 spiro atoms. The van der Waals surface area contributed by atoms with Crippen molar-refractivity contribution in [3.8, 4) is 5.69 Å². The molecular formula is C23H26N4O2S. The topological polar surface area (TPSA) is 67.2 Å². The second kappa shape index (κ2) is 9.63. The van der Waals surface area contributed by atoms with E-state index < -0.39 is 0 Å². The maximum absolute atomic E-state index is 12.7. The number of amides is 2. The smallest absolute Gasteiger partial charge is 0.251 e. The molecule has 0 aliphatic carbocycles. The maximum Gasteiger partial charge on any atom is 0.251 e. The van der Waals surface area contributed by atoms with Crippen LogP contribution in [0.2, 0.25) is 0 Å². The maximum atomic E-state index is 12.7. The molecule has 6 nitrogen and oxygen atoms in total. The van der Waals surface area contributed by atoms with Gasteiger partial charge in [0.05, 0.1) is 27.7 Å². The third kappa shape index (κ3) is 4.91. The first-order valence-electron chi connectivity index (χ1n) is 9.70. The summed E-state index contributed by atoms with van der Waals surface area (Å²) in [4.78, 5) is 27.0. The van der Waals surface area contributed by atoms with Gasteiger partial charge in [-0.05, 0) is 43.7 Å². The molecule has 0 saturated heterocycles. The predicted molar refractivity (Wildman–Crippen MR) is 120 cm³/mol. The first kappa shape index (κ1) is 21.6. The zero-order valence-corrected chi connectivity index (χ0v) is 18.5. The van der Waals surface area contributed by atoms with Crippen LogP contribution in [-0.2, 0) is 11.3 Å². The van der Waals surface area contributed by atoms with Crippen LogP contribution in [0.5, 0.6) is 0 Å². The van der Waals surface area contributed by atoms with Gasteiger partial charge in [-0.25, -0.2) is 4.68 Å². The average molecular weight is 423 g/mol. The molecule has 0 radical (unpaired) electrons. The Bertz CT molecular complexity index is 1030. The number of rotatable bonds is 7. The van der Waals surface area contributed by atoms with Gasteiger partial charge in [-0.1, -0.05) is 30.3 Å². The molecule has 0 aliphatic heterocycles. The van der Waals surface area contributed by atoms with E-state index in [0.717, 1.165) is 27.5 Å². The summed E-state index contributed by atoms with van der Waals surface area (Å²) in [5.41, 5.74) is 4.54. The van der Waals surface area contributed by atoms with Crippen molar-refractivity contribution in [3.05, 3.63) is 77.1 Å². The molecule has 0 bridgehead atoms. The summed E-state index contributed by atoms with van der Waals surface area (Å²) in [6.07, 6.45) is 0. The Labute approximate surface area is 181 Å². The molecule has 3 rings (SSSR count). The van der Waals surface area contributed by atoms with Crippen LogP contribution in [0.25, 0.3) is 5.69 Å². The Kier molecular flexibility index (Phi) is 6.95. The molecule has 0 aliphatic rings. The van der Waals surface area contributed by atoms with Gasteiger partial charge in [0, 0.05) is 26.2 Å². The number of nitrogens with zero attached hydrogens (tertiary/aromatic N) is 3. The summed E-state index contributed by atoms with van der Waals surface area (Å²) in [5, 5.41) is 7.24. The molecule has 30 heavy (non-hydrogen) atoms. The fourth-order valence-electron chi connectivity index (χ4n) is 3.17. The summed E-state index contributed by atoms with van der Waals surface area (Å²) in [6, 6.07) is 17.3. The Balaban J connectivity index is 1.61. The van der Waals surface area contributed by atoms with Crippen molar-refractivity contribution in [3.63, 3.8) is 0 Å². The molecule has 7 heteroatoms. The third-order valence-electron chi connectivity index (χ3n) is 4.85. The van der Waals surface area contributed by atoms with Crippen molar-refractivity contribution in [2.45, 2.75) is 25.3 Å². The largest absolute Gasteiger partial charge is 0.355 e. The second-order valence-corrected chi connectivity index (χ2v) is 8.05. The third-order valence-corrected chi connectivity index (χ3v) is 6.13. The number of thioether (sulfide) groups is 1. The lowest BCUT2D eigenvalue weighted by atomic mass is 10.1. The standard InChI is InChI=1S/C23H26N4O2S/c1-16-22(17(2)27(25-16)20-8-6-5-7-9-20)30-15-21(28)26(4)14-18-10-12-19(13-11-18)23(29)24-3/h5-13H,14-15H2,1-4H3,(H,24,29). The van der Waals surface area contributed by atoms with E-state index in [1.807, 2.05) is 61.0 Å². The lowest BCUT2D eigenvalue weighted by Gasteiger charge is -2.17. The minimum absolute atomic E-state index is 0.0432. The van der Waals surface area contributed by atoms with E-state index >= 15 is 0 Å². The predicted octanol–water partition coefficient (Wildman–Crippen LogP) is 3.60. The van der Waals surface area contributed by atoms with E-state index in [-0.39, 0.29) is 11.8 Å². The van der Waals surface area contributed by atoms with Crippen molar-refractivity contribution in [2.24, 2.45) is 0 Å². The fourth-order valence-corrected chi connectivity index (χ4v) is 4.20. The van der Waals surface area contributed by atoms with Crippen LogP contribution in [0, 0.1) is 13.8 Å². The van der Waals surface area contributed by atoms with Crippen molar-refractivity contribution in [1.29, 1.82) is 0 Å². The number of nitrogens with one attached hydrogen (secondary N) is 1. The summed E-state index contributed by atoms with van der Waals surface area (Å²) in [7, 11) is 3.40. The van der Waals surface area contributed by atoms with E-state index in [1.54, 1.807) is 31.1 Å². The van der Waals surface area contributed by atoms with Gasteiger partial charge in [0.2, 0.25) is 5.91 Å². The van der Waals surface area contributed by atoms with Crippen molar-refractivity contribution >= 4 is 23.6 Å². The van der Waals surface area contributed by atoms with Crippen LogP contribution in [0.15, 0.2) is 59.5 Å². The number of para-hydroxylation sites is 1. The van der Waals surface area contributed by atoms with Crippen molar-refractivity contribution in [2.75, 3.05) is 19.8 Å². The van der Waals surface area contributed by atoms with Gasteiger partial charge in [0.1, 0.15) is 0 Å². The van der Waals surface area contributed by atoms with Crippen molar-refractivity contribution < 1.29 is 9.59 Å². The summed E-state index contributed by atoms with van der Waals surface area (Å²) >= 11 is 1.52. The second-order valence-electron chi connectivity index (χ2n) is 7.06. The van der Waals surface area contributed by atoms with Crippen LogP contribution in [0.3, 0.4) is 0 Å². The summed E-state index contributed by atoms with van der Waals surface area (Å²) in [6.45, 7) is 4.49. The molecule has 0 unspecified atom stereocenters. The minimum Gasteiger partial charge on any atom is -0.355 e. The molecule has 0 saturated carbocycles. The van der Waals surface area contributed by atoms with E-state index in [4.69, 9.17) is 0 Å². The first-order chi connectivity index (χ1) is 14.4. The number of aryl methyl sites for hydroxylation is 1. The molecule has 1 aromatic heterocycles. The van der Waals surface area contributed by atoms with Gasteiger partial charge in [-0.15, -0.1) is 11.8 Å². The van der Waals surface area contributed by atoms with Gasteiger partial charge in [0.15, 0.2) is 0 Å². The first-order valence-corrected chi connectivity index (χ1v) is 10.7. The lowest BCUT2D eigenvalue weighted by Crippen LogP contribution is -2.27. The Morgan fingerprint density at radius 2 is 1.73 bits per heavy atom. The quantitative estimate of drug-likeness (QED) is 0.591. The van der Waals surface area contributed by atoms with Gasteiger partial charge in [0.25, 0.3) is 5.91 Å². The Morgan fingerprint density at radius 1 is 1.07 bits per heavy atom. The molecular weight excluding hydrogens is 396 g/mol. The van der Waals surface area contributed by atoms with Gasteiger partial charge in [-0.2, -0.15) is 5.10 Å². The number of benzene rings is 2. The van der Waals surface area contributed by atoms with E-state index in [1.165, 1.54) is 11.8 Å². The summed E-state index contributed by atoms with van der Waals surface area (Å²) < 4.78 is 1.92. The number of aromatic nitrogens is 2. The number of carbonyl (C=O) groups excluding carboxylic acids is 2. The Hall–Kier alpha value is -3.06. The molecule has 0 fully saturated rings. The highest BCUT2D eigenvalue weighted by atomic mass is 32.2. The van der Waals surface area contributed by atoms with Crippen molar-refractivity contribution in [1.82, 2.24) is 20.0 Å². The SMILES string of the molecule is CNC(=O)c1ccc(CN(C)C(=O)CSc2c(C)nn(-c3ccccc3)c2C)cc1. The average Bonchev–Trinajstić information content (AvgIpc) is 3.05. The van der Waals surface area contributed by atoms with Gasteiger partial charge >= 0.3 is 0 Å². The lowest BCUT2D eigenvalue weighted by molar-refractivity contribution is -0.127. The molecule has 1 heterocycles. The molecule has 0 atom stereocenters. The van der Waals surface area contributed by atoms with Crippen LogP contribution < -0.4 is 5.32 Å². The van der Waals surface area contributed by atoms with E-state index in [0.29, 0.717) is 17.9 Å². The summed E-state index contributed by atoms with van der Waals surface area (Å²) in [5.74, 6) is 0.264. The normalized spacial score (nSPS) is 10.7. The highest BCUT2D eigenvalue weighted by Crippen LogP contribution is 2.28. The van der Waals surface area contributed by atoms with E-state index in [2.05, 4.69) is 10.4 Å². The Morgan fingerprint density at radius 3 is 2.37 bits per heavy atom. The zero-order valence-electron chi connectivity index (χ0n) is 17.7. The molecule has 3 aromatic rings. The number of hydrogen-bond acceptors (Lipinski definition) is 4. The van der Waals surface area contributed by atoms with Crippen LogP contribution in [0.1, 0.15) is 27.3 Å². The monoisotopic (exact) mass is 422 g/mol. The minimum atomic E-state index is -0.121. The van der Waals surface area contributed by atoms with E-state index in [9.17, 15) is 9.59 Å². The molecule has 156 valence electrons. The van der Waals surface area contributed by atoms with Crippen LogP contribution >= 0.6 is 11.8 Å².